The summed E-state index contributed by atoms with van der Waals surface area (Å²) in [5, 5.41) is 5.12. The molecule has 0 radical (unpaired) electrons. The maximum absolute atomic E-state index is 6.01. The molecular weight excluding hydrogens is 304 g/mol. The van der Waals surface area contributed by atoms with Crippen molar-refractivity contribution >= 4 is 21.5 Å². The van der Waals surface area contributed by atoms with Gasteiger partial charge < -0.3 is 4.74 Å². The topological polar surface area (TPSA) is 9.23 Å². The third-order valence-corrected chi connectivity index (χ3v) is 4.35. The van der Waals surface area contributed by atoms with E-state index in [0.717, 1.165) is 12.2 Å². The van der Waals surface area contributed by atoms with Crippen LogP contribution in [0.5, 0.6) is 0 Å². The van der Waals surface area contributed by atoms with E-state index in [0.29, 0.717) is 0 Å². The molecule has 0 bridgehead atoms. The van der Waals surface area contributed by atoms with Crippen LogP contribution in [0.1, 0.15) is 33.3 Å². The largest absolute Gasteiger partial charge is 0.484 e. The molecule has 3 aromatic rings. The van der Waals surface area contributed by atoms with Gasteiger partial charge in [-0.2, -0.15) is 0 Å². The van der Waals surface area contributed by atoms with Gasteiger partial charge in [-0.15, -0.1) is 0 Å². The van der Waals surface area contributed by atoms with Crippen molar-refractivity contribution in [2.75, 3.05) is 0 Å². The molecule has 0 aliphatic heterocycles. The van der Waals surface area contributed by atoms with Crippen molar-refractivity contribution < 1.29 is 4.74 Å². The van der Waals surface area contributed by atoms with Gasteiger partial charge in [0.2, 0.25) is 0 Å². The van der Waals surface area contributed by atoms with Gasteiger partial charge in [-0.05, 0) is 66.4 Å². The first kappa shape index (κ1) is 17.3. The van der Waals surface area contributed by atoms with Crippen LogP contribution in [0.4, 0.5) is 0 Å². The Labute approximate surface area is 150 Å². The first-order valence-electron chi connectivity index (χ1n) is 8.86. The highest BCUT2D eigenvalue weighted by atomic mass is 16.5. The zero-order valence-electron chi connectivity index (χ0n) is 15.6. The van der Waals surface area contributed by atoms with Gasteiger partial charge in [0.05, 0.1) is 0 Å². The summed E-state index contributed by atoms with van der Waals surface area (Å²) in [6.45, 7) is 12.1. The first-order chi connectivity index (χ1) is 11.9. The summed E-state index contributed by atoms with van der Waals surface area (Å²) in [7, 11) is 0. The van der Waals surface area contributed by atoms with E-state index in [1.165, 1.54) is 27.1 Å². The molecule has 0 N–H and O–H groups in total. The van der Waals surface area contributed by atoms with E-state index < -0.39 is 0 Å². The van der Waals surface area contributed by atoms with Crippen molar-refractivity contribution in [3.63, 3.8) is 0 Å². The minimum atomic E-state index is -0.226. The van der Waals surface area contributed by atoms with Crippen LogP contribution in [-0.2, 0) is 11.2 Å². The van der Waals surface area contributed by atoms with Crippen LogP contribution in [0.3, 0.4) is 0 Å². The molecule has 25 heavy (non-hydrogen) atoms. The quantitative estimate of drug-likeness (QED) is 0.295. The summed E-state index contributed by atoms with van der Waals surface area (Å²) in [6, 6.07) is 19.8. The lowest BCUT2D eigenvalue weighted by Gasteiger charge is -2.25. The summed E-state index contributed by atoms with van der Waals surface area (Å²) in [5.41, 5.74) is 4.06. The van der Waals surface area contributed by atoms with E-state index in [-0.39, 0.29) is 11.5 Å². The average molecular weight is 330 g/mol. The molecule has 1 atom stereocenters. The van der Waals surface area contributed by atoms with Crippen LogP contribution in [0.25, 0.3) is 21.5 Å². The lowest BCUT2D eigenvalue weighted by molar-refractivity contribution is 0.0364. The molecule has 3 aromatic carbocycles. The van der Waals surface area contributed by atoms with Crippen LogP contribution in [-0.4, -0.2) is 5.60 Å². The molecule has 0 aliphatic carbocycles. The van der Waals surface area contributed by atoms with Crippen molar-refractivity contribution in [2.24, 2.45) is 5.92 Å². The Morgan fingerprint density at radius 3 is 2.16 bits per heavy atom. The predicted octanol–water partition coefficient (Wildman–Crippen LogP) is 6.66. The van der Waals surface area contributed by atoms with Crippen LogP contribution in [0.15, 0.2) is 72.7 Å². The number of rotatable bonds is 4. The molecule has 0 fully saturated rings. The predicted molar refractivity (Wildman–Crippen MR) is 108 cm³/mol. The van der Waals surface area contributed by atoms with Gasteiger partial charge in [-0.25, -0.2) is 0 Å². The first-order valence-corrected chi connectivity index (χ1v) is 8.86. The summed E-state index contributed by atoms with van der Waals surface area (Å²) in [4.78, 5) is 0. The molecule has 0 spiro atoms. The summed E-state index contributed by atoms with van der Waals surface area (Å²) in [6.07, 6.45) is 0.913. The van der Waals surface area contributed by atoms with Crippen molar-refractivity contribution in [2.45, 2.75) is 39.7 Å². The Hall–Kier alpha value is -2.50. The van der Waals surface area contributed by atoms with E-state index in [9.17, 15) is 0 Å². The third kappa shape index (κ3) is 4.13. The molecule has 0 saturated carbocycles. The van der Waals surface area contributed by atoms with Crippen LogP contribution >= 0.6 is 0 Å². The van der Waals surface area contributed by atoms with Gasteiger partial charge in [0.1, 0.15) is 11.4 Å². The number of hydrogen-bond acceptors (Lipinski definition) is 1. The van der Waals surface area contributed by atoms with E-state index in [1.54, 1.807) is 0 Å². The molecule has 0 aromatic heterocycles. The summed E-state index contributed by atoms with van der Waals surface area (Å²) < 4.78 is 6.01. The minimum absolute atomic E-state index is 0.226. The van der Waals surface area contributed by atoms with Gasteiger partial charge in [0.25, 0.3) is 0 Å². The second-order valence-corrected chi connectivity index (χ2v) is 7.74. The van der Waals surface area contributed by atoms with Gasteiger partial charge in [-0.3, -0.25) is 0 Å². The van der Waals surface area contributed by atoms with Crippen molar-refractivity contribution in [3.05, 3.63) is 78.2 Å². The van der Waals surface area contributed by atoms with E-state index in [4.69, 9.17) is 4.74 Å². The Kier molecular flexibility index (Phi) is 4.70. The highest BCUT2D eigenvalue weighted by Gasteiger charge is 2.18. The fourth-order valence-electron chi connectivity index (χ4n) is 3.20. The highest BCUT2D eigenvalue weighted by Crippen LogP contribution is 2.27. The Morgan fingerprint density at radius 2 is 1.56 bits per heavy atom. The van der Waals surface area contributed by atoms with Gasteiger partial charge in [-0.1, -0.05) is 61.7 Å². The molecule has 128 valence electrons. The molecule has 3 rings (SSSR count). The maximum Gasteiger partial charge on any atom is 0.141 e. The smallest absolute Gasteiger partial charge is 0.141 e. The van der Waals surface area contributed by atoms with Crippen molar-refractivity contribution in [3.8, 4) is 0 Å². The highest BCUT2D eigenvalue weighted by molar-refractivity contribution is 5.98. The Balaban J connectivity index is 1.88. The molecule has 0 amide bonds. The normalized spacial score (nSPS) is 12.8. The molecule has 0 heterocycles. The van der Waals surface area contributed by atoms with Crippen molar-refractivity contribution in [1.82, 2.24) is 0 Å². The standard InChI is InChI=1S/C24H26O/c1-6-23(25-24(3,4)5)17(2)13-18-11-12-21-15-19-9-7-8-10-20(19)16-22(21)14-18/h7-12,14-17H,1,13H2,2-5H3/t17-/m0/s1. The molecule has 1 heteroatoms. The average Bonchev–Trinajstić information content (AvgIpc) is 2.57. The van der Waals surface area contributed by atoms with Crippen LogP contribution < -0.4 is 0 Å². The SMILES string of the molecule is C=C=C(OC(C)(C)C)[C@@H](C)Cc1ccc2cc3ccccc3cc2c1. The number of ether oxygens (including phenoxy) is 1. The Bertz CT molecular complexity index is 953. The van der Waals surface area contributed by atoms with Crippen LogP contribution in [0, 0.1) is 5.92 Å². The minimum Gasteiger partial charge on any atom is -0.484 e. The lowest BCUT2D eigenvalue weighted by Crippen LogP contribution is -2.21. The Morgan fingerprint density at radius 1 is 0.960 bits per heavy atom. The van der Waals surface area contributed by atoms with E-state index in [1.807, 2.05) is 0 Å². The summed E-state index contributed by atoms with van der Waals surface area (Å²) >= 11 is 0. The molecule has 0 saturated heterocycles. The zero-order valence-corrected chi connectivity index (χ0v) is 15.6. The second-order valence-electron chi connectivity index (χ2n) is 7.74. The monoisotopic (exact) mass is 330 g/mol. The van der Waals surface area contributed by atoms with Gasteiger partial charge in [0, 0.05) is 5.92 Å². The number of allylic oxidation sites excluding steroid dienone is 1. The molecule has 0 unspecified atom stereocenters. The second kappa shape index (κ2) is 6.78. The lowest BCUT2D eigenvalue weighted by atomic mass is 9.95. The number of fused-ring (bicyclic) bond motifs is 2. The zero-order chi connectivity index (χ0) is 18.0. The molecule has 0 aliphatic rings. The van der Waals surface area contributed by atoms with Gasteiger partial charge >= 0.3 is 0 Å². The van der Waals surface area contributed by atoms with E-state index >= 15 is 0 Å². The third-order valence-electron chi connectivity index (χ3n) is 4.35. The van der Waals surface area contributed by atoms with Crippen molar-refractivity contribution in [1.29, 1.82) is 0 Å². The van der Waals surface area contributed by atoms with Crippen LogP contribution in [0.2, 0.25) is 0 Å². The summed E-state index contributed by atoms with van der Waals surface area (Å²) in [5.74, 6) is 1.08. The van der Waals surface area contributed by atoms with Gasteiger partial charge in [0.15, 0.2) is 0 Å². The molecule has 1 nitrogen and oxygen atoms in total. The maximum atomic E-state index is 6.01. The number of benzene rings is 3. The fourth-order valence-corrected chi connectivity index (χ4v) is 3.20. The van der Waals surface area contributed by atoms with E-state index in [2.05, 4.69) is 94.6 Å². The number of hydrogen-bond donors (Lipinski definition) is 0. The fraction of sp³-hybridized carbons (Fsp3) is 0.292. The molecular formula is C24H26O.